The van der Waals surface area contributed by atoms with E-state index in [0.717, 1.165) is 22.2 Å². The molecule has 1 N–H and O–H groups in total. The summed E-state index contributed by atoms with van der Waals surface area (Å²) in [6.07, 6.45) is -0.714. The van der Waals surface area contributed by atoms with E-state index < -0.39 is 39.3 Å². The van der Waals surface area contributed by atoms with Gasteiger partial charge in [0.05, 0.1) is 16.2 Å². The quantitative estimate of drug-likeness (QED) is 0.420. The van der Waals surface area contributed by atoms with Gasteiger partial charge >= 0.3 is 6.09 Å². The highest BCUT2D eigenvalue weighted by Crippen LogP contribution is 2.38. The molecule has 3 aromatic rings. The summed E-state index contributed by atoms with van der Waals surface area (Å²) in [5.74, 6) is -0.304. The Hall–Kier alpha value is -3.50. The van der Waals surface area contributed by atoms with Crippen molar-refractivity contribution in [3.8, 4) is 5.75 Å². The summed E-state index contributed by atoms with van der Waals surface area (Å²) in [5, 5.41) is 10.3. The molecule has 0 radical (unpaired) electrons. The number of carbonyl (C=O) groups excluding carboxylic acids is 2. The number of amides is 1. The monoisotopic (exact) mass is 554 g/mol. The Morgan fingerprint density at radius 3 is 2.38 bits per heavy atom. The first-order valence-corrected chi connectivity index (χ1v) is 14.4. The van der Waals surface area contributed by atoms with Crippen molar-refractivity contribution < 1.29 is 32.6 Å². The standard InChI is InChI=1S/C29H34N2O7S/c1-20-13-21(25-7-5-6-8-26(25)30-20)16-37-23-9-11-24(12-10-23)39(35,36)19-29(14-22(33)15-32)17-31(18-29)27(34)38-28(2,3)4/h5-13,32H,14-19H2,1-4H3. The zero-order chi connectivity index (χ0) is 28.4. The number of hydrogen-bond donors (Lipinski definition) is 1. The van der Waals surface area contributed by atoms with Crippen LogP contribution in [0.5, 0.6) is 5.75 Å². The predicted molar refractivity (Wildman–Crippen MR) is 146 cm³/mol. The molecule has 0 unspecified atom stereocenters. The summed E-state index contributed by atoms with van der Waals surface area (Å²) in [7, 11) is -3.81. The molecule has 0 aliphatic carbocycles. The van der Waals surface area contributed by atoms with Gasteiger partial charge in [0, 0.05) is 41.6 Å². The number of rotatable bonds is 9. The molecule has 10 heteroatoms. The summed E-state index contributed by atoms with van der Waals surface area (Å²) in [4.78, 5) is 30.5. The van der Waals surface area contributed by atoms with Crippen LogP contribution in [0.4, 0.5) is 4.79 Å². The number of Topliss-reactive ketones (excluding diaryl/α,β-unsaturated/α-hetero) is 1. The third-order valence-electron chi connectivity index (χ3n) is 6.46. The van der Waals surface area contributed by atoms with Gasteiger partial charge in [-0.3, -0.25) is 9.78 Å². The number of ether oxygens (including phenoxy) is 2. The molecule has 39 heavy (non-hydrogen) atoms. The van der Waals surface area contributed by atoms with Crippen LogP contribution in [0, 0.1) is 12.3 Å². The maximum absolute atomic E-state index is 13.3. The number of nitrogens with zero attached hydrogens (tertiary/aromatic N) is 2. The Morgan fingerprint density at radius 2 is 1.74 bits per heavy atom. The number of pyridine rings is 1. The predicted octanol–water partition coefficient (Wildman–Crippen LogP) is 4.08. The van der Waals surface area contributed by atoms with Crippen LogP contribution in [0.15, 0.2) is 59.5 Å². The largest absolute Gasteiger partial charge is 0.489 e. The van der Waals surface area contributed by atoms with E-state index in [9.17, 15) is 23.1 Å². The summed E-state index contributed by atoms with van der Waals surface area (Å²) in [5.41, 5.74) is 1.04. The Balaban J connectivity index is 1.45. The highest BCUT2D eigenvalue weighted by Gasteiger charge is 2.50. The molecule has 2 aromatic carbocycles. The van der Waals surface area contributed by atoms with Crippen molar-refractivity contribution >= 4 is 32.6 Å². The van der Waals surface area contributed by atoms with Gasteiger partial charge in [-0.05, 0) is 64.1 Å². The number of carbonyl (C=O) groups is 2. The fourth-order valence-corrected chi connectivity index (χ4v) is 6.66. The Bertz CT molecular complexity index is 1470. The van der Waals surface area contributed by atoms with Crippen molar-refractivity contribution in [3.05, 3.63) is 65.9 Å². The molecule has 2 heterocycles. The third kappa shape index (κ3) is 6.93. The van der Waals surface area contributed by atoms with Crippen molar-refractivity contribution in [1.82, 2.24) is 9.88 Å². The molecule has 0 spiro atoms. The molecular weight excluding hydrogens is 520 g/mol. The van der Waals surface area contributed by atoms with Gasteiger partial charge in [0.25, 0.3) is 0 Å². The maximum Gasteiger partial charge on any atom is 0.410 e. The van der Waals surface area contributed by atoms with Crippen LogP contribution in [-0.4, -0.2) is 66.3 Å². The van der Waals surface area contributed by atoms with Crippen LogP contribution in [0.2, 0.25) is 0 Å². The molecule has 9 nitrogen and oxygen atoms in total. The normalized spacial score (nSPS) is 15.1. The first-order valence-electron chi connectivity index (χ1n) is 12.7. The average Bonchev–Trinajstić information content (AvgIpc) is 2.84. The fourth-order valence-electron chi connectivity index (χ4n) is 4.85. The lowest BCUT2D eigenvalue weighted by atomic mass is 9.77. The highest BCUT2D eigenvalue weighted by molar-refractivity contribution is 7.91. The van der Waals surface area contributed by atoms with Gasteiger partial charge in [-0.1, -0.05) is 18.2 Å². The number of aliphatic hydroxyl groups is 1. The second-order valence-electron chi connectivity index (χ2n) is 11.2. The molecule has 208 valence electrons. The second-order valence-corrected chi connectivity index (χ2v) is 13.2. The van der Waals surface area contributed by atoms with E-state index in [-0.39, 0.29) is 30.2 Å². The molecule has 1 aliphatic rings. The van der Waals surface area contributed by atoms with E-state index in [0.29, 0.717) is 12.4 Å². The molecular formula is C29H34N2O7S. The first-order chi connectivity index (χ1) is 18.3. The summed E-state index contributed by atoms with van der Waals surface area (Å²) in [6, 6.07) is 15.9. The number of aryl methyl sites for hydroxylation is 1. The van der Waals surface area contributed by atoms with Crippen molar-refractivity contribution in [2.75, 3.05) is 25.4 Å². The molecule has 0 saturated carbocycles. The Labute approximate surface area is 228 Å². The zero-order valence-electron chi connectivity index (χ0n) is 22.6. The van der Waals surface area contributed by atoms with Crippen LogP contribution in [0.25, 0.3) is 10.9 Å². The minimum absolute atomic E-state index is 0.0490. The van der Waals surface area contributed by atoms with E-state index in [4.69, 9.17) is 9.47 Å². The molecule has 0 atom stereocenters. The van der Waals surface area contributed by atoms with Crippen LogP contribution < -0.4 is 4.74 Å². The topological polar surface area (TPSA) is 123 Å². The third-order valence-corrected chi connectivity index (χ3v) is 8.44. The summed E-state index contributed by atoms with van der Waals surface area (Å²) >= 11 is 0. The number of hydrogen-bond acceptors (Lipinski definition) is 8. The lowest BCUT2D eigenvalue weighted by Crippen LogP contribution is -2.62. The van der Waals surface area contributed by atoms with Crippen LogP contribution in [0.1, 0.15) is 38.4 Å². The van der Waals surface area contributed by atoms with Gasteiger partial charge in [0.15, 0.2) is 15.6 Å². The van der Waals surface area contributed by atoms with Gasteiger partial charge in [0.2, 0.25) is 0 Å². The number of ketones is 1. The van der Waals surface area contributed by atoms with E-state index in [2.05, 4.69) is 4.98 Å². The van der Waals surface area contributed by atoms with Gasteiger partial charge in [-0.2, -0.15) is 0 Å². The summed E-state index contributed by atoms with van der Waals surface area (Å²) < 4.78 is 38.0. The van der Waals surface area contributed by atoms with E-state index in [1.165, 1.54) is 17.0 Å². The number of para-hydroxylation sites is 1. The van der Waals surface area contributed by atoms with Gasteiger partial charge in [-0.25, -0.2) is 13.2 Å². The van der Waals surface area contributed by atoms with Gasteiger partial charge < -0.3 is 19.5 Å². The maximum atomic E-state index is 13.3. The zero-order valence-corrected chi connectivity index (χ0v) is 23.5. The van der Waals surface area contributed by atoms with Crippen molar-refractivity contribution in [3.63, 3.8) is 0 Å². The fraction of sp³-hybridized carbons (Fsp3) is 0.414. The SMILES string of the molecule is Cc1cc(COc2ccc(S(=O)(=O)CC3(CC(=O)CO)CN(C(=O)OC(C)(C)C)C3)cc2)c2ccccc2n1. The summed E-state index contributed by atoms with van der Waals surface area (Å²) in [6.45, 7) is 6.85. The molecule has 1 aliphatic heterocycles. The van der Waals surface area contributed by atoms with Crippen molar-refractivity contribution in [2.45, 2.75) is 51.2 Å². The first kappa shape index (κ1) is 28.5. The number of aliphatic hydroxyl groups excluding tert-OH is 1. The van der Waals surface area contributed by atoms with Gasteiger partial charge in [0.1, 0.15) is 24.6 Å². The Morgan fingerprint density at radius 1 is 1.08 bits per heavy atom. The minimum Gasteiger partial charge on any atom is -0.489 e. The highest BCUT2D eigenvalue weighted by atomic mass is 32.2. The van der Waals surface area contributed by atoms with Crippen LogP contribution >= 0.6 is 0 Å². The minimum atomic E-state index is -3.81. The molecule has 1 amide bonds. The molecule has 4 rings (SSSR count). The average molecular weight is 555 g/mol. The van der Waals surface area contributed by atoms with Gasteiger partial charge in [-0.15, -0.1) is 0 Å². The number of sulfone groups is 1. The smallest absolute Gasteiger partial charge is 0.410 e. The molecule has 1 fully saturated rings. The lowest BCUT2D eigenvalue weighted by Gasteiger charge is -2.49. The number of aromatic nitrogens is 1. The number of benzene rings is 2. The van der Waals surface area contributed by atoms with E-state index >= 15 is 0 Å². The molecule has 1 saturated heterocycles. The van der Waals surface area contributed by atoms with E-state index in [1.807, 2.05) is 37.3 Å². The van der Waals surface area contributed by atoms with Crippen LogP contribution in [-0.2, 0) is 26.0 Å². The van der Waals surface area contributed by atoms with Crippen molar-refractivity contribution in [2.24, 2.45) is 5.41 Å². The number of fused-ring (bicyclic) bond motifs is 1. The molecule has 1 aromatic heterocycles. The Kier molecular flexibility index (Phi) is 7.99. The second kappa shape index (κ2) is 10.9. The van der Waals surface area contributed by atoms with E-state index in [1.54, 1.807) is 32.9 Å². The lowest BCUT2D eigenvalue weighted by molar-refractivity contribution is -0.126. The van der Waals surface area contributed by atoms with Crippen LogP contribution in [0.3, 0.4) is 0 Å². The molecule has 0 bridgehead atoms. The number of likely N-dealkylation sites (tertiary alicyclic amines) is 1. The van der Waals surface area contributed by atoms with Crippen molar-refractivity contribution in [1.29, 1.82) is 0 Å².